The van der Waals surface area contributed by atoms with E-state index in [9.17, 15) is 4.79 Å². The van der Waals surface area contributed by atoms with E-state index in [1.54, 1.807) is 26.4 Å². The Labute approximate surface area is 194 Å². The topological polar surface area (TPSA) is 47.6 Å². The Kier molecular flexibility index (Phi) is 6.75. The molecule has 4 aromatic carbocycles. The molecule has 0 heterocycles. The van der Waals surface area contributed by atoms with E-state index < -0.39 is 5.41 Å². The fourth-order valence-electron chi connectivity index (χ4n) is 4.19. The van der Waals surface area contributed by atoms with Gasteiger partial charge in [0.2, 0.25) is 5.91 Å². The predicted molar refractivity (Wildman–Crippen MR) is 132 cm³/mol. The molecule has 0 unspecified atom stereocenters. The van der Waals surface area contributed by atoms with E-state index in [-0.39, 0.29) is 5.91 Å². The van der Waals surface area contributed by atoms with Crippen LogP contribution < -0.4 is 14.8 Å². The zero-order valence-electron chi connectivity index (χ0n) is 18.8. The molecule has 0 saturated carbocycles. The lowest BCUT2D eigenvalue weighted by Crippen LogP contribution is -2.43. The van der Waals surface area contributed by atoms with E-state index in [1.165, 1.54) is 0 Å². The number of ether oxygens (including phenoxy) is 2. The molecule has 0 aliphatic heterocycles. The molecule has 0 aromatic heterocycles. The highest BCUT2D eigenvalue weighted by atomic mass is 16.5. The van der Waals surface area contributed by atoms with Crippen molar-refractivity contribution in [3.63, 3.8) is 0 Å². The molecule has 1 N–H and O–H groups in total. The first kappa shape index (κ1) is 22.2. The van der Waals surface area contributed by atoms with Gasteiger partial charge in [-0.25, -0.2) is 0 Å². The first-order valence-electron chi connectivity index (χ1n) is 10.9. The summed E-state index contributed by atoms with van der Waals surface area (Å²) in [4.78, 5) is 14.3. The third-order valence-electron chi connectivity index (χ3n) is 5.89. The molecule has 4 aromatic rings. The smallest absolute Gasteiger partial charge is 0.239 e. The second-order valence-corrected chi connectivity index (χ2v) is 7.82. The fourth-order valence-corrected chi connectivity index (χ4v) is 4.19. The Morgan fingerprint density at radius 2 is 1.27 bits per heavy atom. The van der Waals surface area contributed by atoms with Crippen LogP contribution in [0.15, 0.2) is 109 Å². The summed E-state index contributed by atoms with van der Waals surface area (Å²) in [5.74, 6) is 1.07. The van der Waals surface area contributed by atoms with Gasteiger partial charge in [-0.2, -0.15) is 0 Å². The van der Waals surface area contributed by atoms with Crippen molar-refractivity contribution in [2.45, 2.75) is 11.8 Å². The van der Waals surface area contributed by atoms with Crippen molar-refractivity contribution in [1.82, 2.24) is 0 Å². The van der Waals surface area contributed by atoms with Crippen LogP contribution >= 0.6 is 0 Å². The normalized spacial score (nSPS) is 11.0. The molecule has 0 atom stereocenters. The zero-order chi connectivity index (χ0) is 23.1. The van der Waals surface area contributed by atoms with Crippen LogP contribution in [0.1, 0.15) is 16.7 Å². The minimum absolute atomic E-state index is 0.132. The number of benzene rings is 4. The van der Waals surface area contributed by atoms with Crippen molar-refractivity contribution in [2.75, 3.05) is 19.5 Å². The van der Waals surface area contributed by atoms with Gasteiger partial charge in [-0.15, -0.1) is 0 Å². The second kappa shape index (κ2) is 10.0. The van der Waals surface area contributed by atoms with Crippen LogP contribution in [-0.4, -0.2) is 20.1 Å². The van der Waals surface area contributed by atoms with E-state index in [0.717, 1.165) is 16.7 Å². The van der Waals surface area contributed by atoms with Crippen LogP contribution in [0.4, 0.5) is 5.69 Å². The van der Waals surface area contributed by atoms with Crippen LogP contribution in [0.2, 0.25) is 0 Å². The number of amides is 1. The third kappa shape index (κ3) is 4.60. The van der Waals surface area contributed by atoms with Gasteiger partial charge in [0.1, 0.15) is 16.9 Å². The Hall–Kier alpha value is -4.05. The fraction of sp³-hybridized carbons (Fsp3) is 0.138. The highest BCUT2D eigenvalue weighted by molar-refractivity contribution is 6.03. The van der Waals surface area contributed by atoms with Gasteiger partial charge in [-0.3, -0.25) is 4.79 Å². The number of carbonyl (C=O) groups excluding carboxylic acids is 1. The Morgan fingerprint density at radius 1 is 0.727 bits per heavy atom. The SMILES string of the molecule is COc1ccc(NC(=O)C(Cc2ccccc2)(c2ccccc2)c2ccccc2)c(OC)c1. The number of hydrogen-bond donors (Lipinski definition) is 1. The van der Waals surface area contributed by atoms with Gasteiger partial charge >= 0.3 is 0 Å². The van der Waals surface area contributed by atoms with Crippen molar-refractivity contribution in [2.24, 2.45) is 0 Å². The summed E-state index contributed by atoms with van der Waals surface area (Å²) in [5, 5.41) is 3.15. The van der Waals surface area contributed by atoms with Gasteiger partial charge in [0.25, 0.3) is 0 Å². The largest absolute Gasteiger partial charge is 0.497 e. The maximum Gasteiger partial charge on any atom is 0.239 e. The standard InChI is InChI=1S/C29H27NO3/c1-32-25-18-19-26(27(20-25)33-2)30-28(31)29(23-14-8-4-9-15-23,24-16-10-5-11-17-24)21-22-12-6-3-7-13-22/h3-20H,21H2,1-2H3,(H,30,31). The van der Waals surface area contributed by atoms with Crippen molar-refractivity contribution in [3.8, 4) is 11.5 Å². The molecule has 0 fully saturated rings. The molecule has 0 aliphatic rings. The monoisotopic (exact) mass is 437 g/mol. The van der Waals surface area contributed by atoms with Gasteiger partial charge in [-0.05, 0) is 35.2 Å². The Bertz CT molecular complexity index is 1150. The average molecular weight is 438 g/mol. The van der Waals surface area contributed by atoms with E-state index in [1.807, 2.05) is 84.9 Å². The molecule has 0 aliphatic carbocycles. The molecule has 1 amide bonds. The van der Waals surface area contributed by atoms with Gasteiger partial charge in [-0.1, -0.05) is 91.0 Å². The molecular formula is C29H27NO3. The summed E-state index contributed by atoms with van der Waals surface area (Å²) in [5.41, 5.74) is 2.55. The minimum Gasteiger partial charge on any atom is -0.497 e. The molecule has 0 spiro atoms. The zero-order valence-corrected chi connectivity index (χ0v) is 18.8. The van der Waals surface area contributed by atoms with Crippen molar-refractivity contribution in [3.05, 3.63) is 126 Å². The molecular weight excluding hydrogens is 410 g/mol. The summed E-state index contributed by atoms with van der Waals surface area (Å²) in [6.45, 7) is 0. The number of carbonyl (C=O) groups is 1. The Morgan fingerprint density at radius 3 is 1.79 bits per heavy atom. The number of anilines is 1. The van der Waals surface area contributed by atoms with E-state index >= 15 is 0 Å². The summed E-state index contributed by atoms with van der Waals surface area (Å²) in [6, 6.07) is 35.3. The molecule has 0 radical (unpaired) electrons. The minimum atomic E-state index is -0.950. The van der Waals surface area contributed by atoms with Gasteiger partial charge in [0, 0.05) is 6.07 Å². The molecule has 4 rings (SSSR count). The summed E-state index contributed by atoms with van der Waals surface area (Å²) >= 11 is 0. The van der Waals surface area contributed by atoms with Crippen LogP contribution in [0, 0.1) is 0 Å². The Balaban J connectivity index is 1.87. The summed E-state index contributed by atoms with van der Waals surface area (Å²) in [6.07, 6.45) is 0.506. The first-order valence-corrected chi connectivity index (χ1v) is 10.9. The van der Waals surface area contributed by atoms with Crippen LogP contribution in [0.5, 0.6) is 11.5 Å². The third-order valence-corrected chi connectivity index (χ3v) is 5.89. The summed E-state index contributed by atoms with van der Waals surface area (Å²) < 4.78 is 10.8. The predicted octanol–water partition coefficient (Wildman–Crippen LogP) is 5.87. The number of hydrogen-bond acceptors (Lipinski definition) is 3. The van der Waals surface area contributed by atoms with Gasteiger partial charge in [0.15, 0.2) is 0 Å². The van der Waals surface area contributed by atoms with E-state index in [4.69, 9.17) is 9.47 Å². The lowest BCUT2D eigenvalue weighted by Gasteiger charge is -2.34. The number of methoxy groups -OCH3 is 2. The first-order chi connectivity index (χ1) is 16.2. The van der Waals surface area contributed by atoms with Crippen LogP contribution in [-0.2, 0) is 16.6 Å². The van der Waals surface area contributed by atoms with Crippen molar-refractivity contribution in [1.29, 1.82) is 0 Å². The van der Waals surface area contributed by atoms with E-state index in [0.29, 0.717) is 23.6 Å². The molecule has 0 bridgehead atoms. The van der Waals surface area contributed by atoms with Crippen LogP contribution in [0.25, 0.3) is 0 Å². The molecule has 4 nitrogen and oxygen atoms in total. The molecule has 33 heavy (non-hydrogen) atoms. The average Bonchev–Trinajstić information content (AvgIpc) is 2.89. The maximum absolute atomic E-state index is 14.3. The second-order valence-electron chi connectivity index (χ2n) is 7.82. The number of rotatable bonds is 8. The van der Waals surface area contributed by atoms with Crippen molar-refractivity contribution < 1.29 is 14.3 Å². The quantitative estimate of drug-likeness (QED) is 0.375. The summed E-state index contributed by atoms with van der Waals surface area (Å²) in [7, 11) is 3.18. The highest BCUT2D eigenvalue weighted by Gasteiger charge is 2.42. The maximum atomic E-state index is 14.3. The van der Waals surface area contributed by atoms with Crippen molar-refractivity contribution >= 4 is 11.6 Å². The molecule has 166 valence electrons. The van der Waals surface area contributed by atoms with E-state index in [2.05, 4.69) is 17.4 Å². The highest BCUT2D eigenvalue weighted by Crippen LogP contribution is 2.39. The van der Waals surface area contributed by atoms with Gasteiger partial charge < -0.3 is 14.8 Å². The molecule has 4 heteroatoms. The lowest BCUT2D eigenvalue weighted by atomic mass is 9.69. The van der Waals surface area contributed by atoms with Gasteiger partial charge in [0.05, 0.1) is 19.9 Å². The number of nitrogens with one attached hydrogen (secondary N) is 1. The lowest BCUT2D eigenvalue weighted by molar-refractivity contribution is -0.120. The molecule has 0 saturated heterocycles. The van der Waals surface area contributed by atoms with Crippen LogP contribution in [0.3, 0.4) is 0 Å².